The van der Waals surface area contributed by atoms with E-state index in [2.05, 4.69) is 23.8 Å². The van der Waals surface area contributed by atoms with Crippen LogP contribution < -0.4 is 14.3 Å². The van der Waals surface area contributed by atoms with Crippen molar-refractivity contribution < 1.29 is 39.5 Å². The van der Waals surface area contributed by atoms with Crippen molar-refractivity contribution in [1.82, 2.24) is 4.83 Å². The fourth-order valence-electron chi connectivity index (χ4n) is 5.11. The maximum absolute atomic E-state index is 13.2. The first kappa shape index (κ1) is 40.8. The van der Waals surface area contributed by atoms with Crippen LogP contribution in [0.3, 0.4) is 0 Å². The average Bonchev–Trinajstić information content (AvgIpc) is 3.08. The quantitative estimate of drug-likeness (QED) is 0.0625. The summed E-state index contributed by atoms with van der Waals surface area (Å²) in [7, 11) is -9.74. The molecule has 0 saturated carbocycles. The minimum absolute atomic E-state index is 0.0310. The molecule has 0 saturated heterocycles. The van der Waals surface area contributed by atoms with Gasteiger partial charge in [0.25, 0.3) is 19.9 Å². The van der Waals surface area contributed by atoms with Crippen LogP contribution in [0.15, 0.2) is 81.6 Å². The molecule has 0 aromatic heterocycles. The van der Waals surface area contributed by atoms with Crippen molar-refractivity contribution in [3.63, 3.8) is 0 Å². The zero-order chi connectivity index (χ0) is 36.6. The molecule has 0 spiro atoms. The molecule has 0 amide bonds. The van der Waals surface area contributed by atoms with Crippen LogP contribution in [-0.4, -0.2) is 41.3 Å². The van der Waals surface area contributed by atoms with Gasteiger partial charge in [-0.2, -0.15) is 31.5 Å². The van der Waals surface area contributed by atoms with Crippen molar-refractivity contribution in [2.45, 2.75) is 113 Å². The minimum Gasteiger partial charge on any atom is -0.490 e. The Morgan fingerprint density at radius 2 is 1.12 bits per heavy atom. The Hall–Kier alpha value is -3.58. The molecule has 0 aliphatic heterocycles. The number of halogens is 3. The summed E-state index contributed by atoms with van der Waals surface area (Å²) in [5.74, 6) is 0.909. The van der Waals surface area contributed by atoms with Crippen LogP contribution >= 0.6 is 0 Å². The standard InChI is InChI=1S/C37H49F3N2O6S2/c1-4-6-8-10-12-14-26-47-34-25-20-31(28-35(34)48-27-15-13-11-9-7-5-2)36(41-42-50(45,46)33-21-16-29(3)17-22-33)30-18-23-32(24-19-30)49(43,44)37(38,39)40/h16-25,28,42H,4-15,26-27H2,1-3H3/b41-36-. The second-order valence-electron chi connectivity index (χ2n) is 12.2. The monoisotopic (exact) mass is 738 g/mol. The highest BCUT2D eigenvalue weighted by Gasteiger charge is 2.46. The summed E-state index contributed by atoms with van der Waals surface area (Å²) in [5.41, 5.74) is -4.06. The van der Waals surface area contributed by atoms with E-state index in [4.69, 9.17) is 9.47 Å². The Balaban J connectivity index is 1.98. The van der Waals surface area contributed by atoms with Gasteiger partial charge in [0.1, 0.15) is 0 Å². The molecule has 50 heavy (non-hydrogen) atoms. The van der Waals surface area contributed by atoms with Crippen molar-refractivity contribution in [2.75, 3.05) is 13.2 Å². The number of nitrogens with zero attached hydrogens (tertiary/aromatic N) is 1. The molecular weight excluding hydrogens is 690 g/mol. The zero-order valence-corrected chi connectivity index (χ0v) is 30.7. The predicted molar refractivity (Wildman–Crippen MR) is 191 cm³/mol. The number of sulfonamides is 1. The molecule has 0 unspecified atom stereocenters. The second kappa shape index (κ2) is 19.7. The van der Waals surface area contributed by atoms with E-state index >= 15 is 0 Å². The summed E-state index contributed by atoms with van der Waals surface area (Å²) in [4.78, 5) is 1.23. The highest BCUT2D eigenvalue weighted by atomic mass is 32.2. The third kappa shape index (κ3) is 12.3. The molecule has 1 N–H and O–H groups in total. The molecule has 0 aliphatic carbocycles. The van der Waals surface area contributed by atoms with Crippen molar-refractivity contribution in [3.8, 4) is 11.5 Å². The lowest BCUT2D eigenvalue weighted by molar-refractivity contribution is -0.0436. The van der Waals surface area contributed by atoms with Crippen molar-refractivity contribution in [3.05, 3.63) is 83.4 Å². The number of alkyl halides is 3. The van der Waals surface area contributed by atoms with Gasteiger partial charge in [0, 0.05) is 11.1 Å². The maximum atomic E-state index is 13.2. The number of sulfone groups is 1. The first-order valence-corrected chi connectivity index (χ1v) is 20.2. The van der Waals surface area contributed by atoms with Gasteiger partial charge in [-0.05, 0) is 62.2 Å². The SMILES string of the molecule is CCCCCCCCOc1ccc(/C(=N\NS(=O)(=O)c2ccc(C)cc2)c2ccc(S(=O)(=O)C(F)(F)F)cc2)cc1OCCCCCCCC. The van der Waals surface area contributed by atoms with Gasteiger partial charge in [-0.15, -0.1) is 0 Å². The third-order valence-electron chi connectivity index (χ3n) is 8.08. The van der Waals surface area contributed by atoms with Gasteiger partial charge in [0.15, 0.2) is 11.5 Å². The van der Waals surface area contributed by atoms with Gasteiger partial charge < -0.3 is 9.47 Å². The number of hydrogen-bond donors (Lipinski definition) is 1. The summed E-state index contributed by atoms with van der Waals surface area (Å²) in [6, 6.07) is 15.0. The van der Waals surface area contributed by atoms with Crippen LogP contribution in [0.25, 0.3) is 0 Å². The van der Waals surface area contributed by atoms with E-state index in [-0.39, 0.29) is 16.2 Å². The summed E-state index contributed by atoms with van der Waals surface area (Å²) < 4.78 is 102. The second-order valence-corrected chi connectivity index (χ2v) is 15.8. The van der Waals surface area contributed by atoms with E-state index in [9.17, 15) is 30.0 Å². The van der Waals surface area contributed by atoms with Crippen LogP contribution in [0.4, 0.5) is 13.2 Å². The van der Waals surface area contributed by atoms with Crippen molar-refractivity contribution in [2.24, 2.45) is 5.10 Å². The summed E-state index contributed by atoms with van der Waals surface area (Å²) >= 11 is 0. The molecule has 8 nitrogen and oxygen atoms in total. The van der Waals surface area contributed by atoms with E-state index < -0.39 is 30.3 Å². The molecule has 0 radical (unpaired) electrons. The van der Waals surface area contributed by atoms with E-state index in [0.29, 0.717) is 30.3 Å². The van der Waals surface area contributed by atoms with Gasteiger partial charge in [-0.1, -0.05) is 108 Å². The normalized spacial score (nSPS) is 12.6. The average molecular weight is 739 g/mol. The summed E-state index contributed by atoms with van der Waals surface area (Å²) in [6.07, 6.45) is 12.9. The minimum atomic E-state index is -5.60. The number of ether oxygens (including phenoxy) is 2. The molecule has 276 valence electrons. The lowest BCUT2D eigenvalue weighted by Crippen LogP contribution is -2.23. The number of nitrogens with one attached hydrogen (secondary N) is 1. The number of hydrogen-bond acceptors (Lipinski definition) is 7. The van der Waals surface area contributed by atoms with E-state index in [1.54, 1.807) is 30.3 Å². The number of hydrazone groups is 1. The molecule has 3 rings (SSSR count). The summed E-state index contributed by atoms with van der Waals surface area (Å²) in [6.45, 7) is 7.04. The molecule has 0 atom stereocenters. The van der Waals surface area contributed by atoms with Gasteiger partial charge in [0.2, 0.25) is 0 Å². The Labute approximate surface area is 295 Å². The topological polar surface area (TPSA) is 111 Å². The first-order chi connectivity index (χ1) is 23.8. The smallest absolute Gasteiger partial charge is 0.490 e. The predicted octanol–water partition coefficient (Wildman–Crippen LogP) is 9.50. The Bertz CT molecular complexity index is 1730. The van der Waals surface area contributed by atoms with Gasteiger partial charge in [-0.25, -0.2) is 8.42 Å². The Kier molecular flexibility index (Phi) is 16.1. The van der Waals surface area contributed by atoms with E-state index in [1.807, 2.05) is 6.92 Å². The first-order valence-electron chi connectivity index (χ1n) is 17.3. The third-order valence-corrected chi connectivity index (χ3v) is 10.8. The number of rotatable bonds is 22. The fraction of sp³-hybridized carbons (Fsp3) is 0.486. The molecule has 3 aromatic carbocycles. The number of benzene rings is 3. The zero-order valence-electron chi connectivity index (χ0n) is 29.1. The highest BCUT2D eigenvalue weighted by molar-refractivity contribution is 7.92. The van der Waals surface area contributed by atoms with Crippen molar-refractivity contribution >= 4 is 25.6 Å². The maximum Gasteiger partial charge on any atom is 0.501 e. The highest BCUT2D eigenvalue weighted by Crippen LogP contribution is 2.32. The molecule has 3 aromatic rings. The largest absolute Gasteiger partial charge is 0.501 e. The lowest BCUT2D eigenvalue weighted by Gasteiger charge is -2.16. The Morgan fingerprint density at radius 3 is 1.66 bits per heavy atom. The molecule has 0 heterocycles. The van der Waals surface area contributed by atoms with Crippen LogP contribution in [0, 0.1) is 6.92 Å². The number of aryl methyl sites for hydroxylation is 1. The van der Waals surface area contributed by atoms with Crippen LogP contribution in [0.5, 0.6) is 11.5 Å². The molecular formula is C37H49F3N2O6S2. The van der Waals surface area contributed by atoms with E-state index in [0.717, 1.165) is 87.6 Å². The summed E-state index contributed by atoms with van der Waals surface area (Å²) in [5, 5.41) is 4.21. The van der Waals surface area contributed by atoms with E-state index in [1.165, 1.54) is 31.4 Å². The molecule has 0 aliphatic rings. The number of unbranched alkanes of at least 4 members (excludes halogenated alkanes) is 10. The lowest BCUT2D eigenvalue weighted by atomic mass is 10.0. The molecule has 0 bridgehead atoms. The Morgan fingerprint density at radius 1 is 0.640 bits per heavy atom. The molecule has 0 fully saturated rings. The van der Waals surface area contributed by atoms with Gasteiger partial charge >= 0.3 is 5.51 Å². The van der Waals surface area contributed by atoms with Crippen molar-refractivity contribution in [1.29, 1.82) is 0 Å². The fourth-order valence-corrected chi connectivity index (χ4v) is 6.69. The van der Waals surface area contributed by atoms with Crippen LogP contribution in [-0.2, 0) is 19.9 Å². The van der Waals surface area contributed by atoms with Crippen LogP contribution in [0.2, 0.25) is 0 Å². The van der Waals surface area contributed by atoms with Gasteiger partial charge in [-0.3, -0.25) is 0 Å². The molecule has 13 heteroatoms. The van der Waals surface area contributed by atoms with Gasteiger partial charge in [0.05, 0.1) is 28.7 Å². The van der Waals surface area contributed by atoms with Crippen LogP contribution in [0.1, 0.15) is 108 Å².